The lowest BCUT2D eigenvalue weighted by molar-refractivity contribution is 0.606. The Labute approximate surface area is 143 Å². The van der Waals surface area contributed by atoms with E-state index in [4.69, 9.17) is 0 Å². The number of rotatable bonds is 5. The van der Waals surface area contributed by atoms with Gasteiger partial charge in [-0.25, -0.2) is 4.39 Å². The second-order valence-electron chi connectivity index (χ2n) is 5.61. The molecule has 3 nitrogen and oxygen atoms in total. The molecule has 1 aromatic rings. The molecule has 2 N–H and O–H groups in total. The van der Waals surface area contributed by atoms with Crippen LogP contribution in [0.3, 0.4) is 0 Å². The fraction of sp³-hybridized carbons (Fsp3) is 0.562. The lowest BCUT2D eigenvalue weighted by Crippen LogP contribution is -2.39. The molecule has 1 atom stereocenters. The molecule has 1 aromatic carbocycles. The van der Waals surface area contributed by atoms with E-state index in [1.165, 1.54) is 19.3 Å². The summed E-state index contributed by atoms with van der Waals surface area (Å²) >= 11 is 0. The zero-order valence-electron chi connectivity index (χ0n) is 12.9. The highest BCUT2D eigenvalue weighted by atomic mass is 127. The van der Waals surface area contributed by atoms with Crippen LogP contribution >= 0.6 is 24.0 Å². The first-order valence-corrected chi connectivity index (χ1v) is 7.33. The Morgan fingerprint density at radius 2 is 2.14 bits per heavy atom. The van der Waals surface area contributed by atoms with Gasteiger partial charge in [0.25, 0.3) is 0 Å². The number of guanidine groups is 1. The fourth-order valence-electron chi connectivity index (χ4n) is 2.16. The molecular weight excluding hydrogens is 380 g/mol. The molecule has 21 heavy (non-hydrogen) atoms. The molecule has 0 aliphatic heterocycles. The maximum atomic E-state index is 13.6. The molecule has 118 valence electrons. The Morgan fingerprint density at radius 3 is 2.71 bits per heavy atom. The van der Waals surface area contributed by atoms with E-state index in [-0.39, 0.29) is 35.8 Å². The van der Waals surface area contributed by atoms with E-state index in [2.05, 4.69) is 15.6 Å². The van der Waals surface area contributed by atoms with Crippen LogP contribution in [-0.4, -0.2) is 19.6 Å². The van der Waals surface area contributed by atoms with Crippen LogP contribution in [-0.2, 0) is 0 Å². The third-order valence-corrected chi connectivity index (χ3v) is 3.81. The van der Waals surface area contributed by atoms with Crippen molar-refractivity contribution in [2.45, 2.75) is 39.2 Å². The van der Waals surface area contributed by atoms with E-state index in [1.807, 2.05) is 19.1 Å². The quantitative estimate of drug-likeness (QED) is 0.445. The van der Waals surface area contributed by atoms with Gasteiger partial charge in [-0.15, -0.1) is 24.0 Å². The van der Waals surface area contributed by atoms with Crippen molar-refractivity contribution in [1.82, 2.24) is 10.6 Å². The van der Waals surface area contributed by atoms with Crippen molar-refractivity contribution >= 4 is 29.9 Å². The summed E-state index contributed by atoms with van der Waals surface area (Å²) in [5.74, 6) is 1.52. The van der Waals surface area contributed by atoms with Gasteiger partial charge in [0, 0.05) is 13.6 Å². The van der Waals surface area contributed by atoms with Crippen LogP contribution in [0.1, 0.15) is 43.4 Å². The van der Waals surface area contributed by atoms with E-state index in [9.17, 15) is 4.39 Å². The largest absolute Gasteiger partial charge is 0.356 e. The molecule has 0 spiro atoms. The third-order valence-electron chi connectivity index (χ3n) is 3.81. The van der Waals surface area contributed by atoms with Gasteiger partial charge < -0.3 is 10.6 Å². The predicted molar refractivity (Wildman–Crippen MR) is 96.8 cm³/mol. The van der Waals surface area contributed by atoms with Crippen molar-refractivity contribution < 1.29 is 4.39 Å². The molecule has 5 heteroatoms. The zero-order valence-corrected chi connectivity index (χ0v) is 15.3. The smallest absolute Gasteiger partial charge is 0.191 e. The number of halogens is 2. The average molecular weight is 405 g/mol. The maximum absolute atomic E-state index is 13.6. The number of nitrogens with zero attached hydrogens (tertiary/aromatic N) is 1. The molecule has 0 amide bonds. The third kappa shape index (κ3) is 5.80. The van der Waals surface area contributed by atoms with E-state index in [1.54, 1.807) is 20.0 Å². The number of nitrogens with one attached hydrogen (secondary N) is 2. The Balaban J connectivity index is 0.00000220. The second-order valence-corrected chi connectivity index (χ2v) is 5.61. The Bertz CT molecular complexity index is 486. The van der Waals surface area contributed by atoms with Crippen molar-refractivity contribution in [1.29, 1.82) is 0 Å². The molecule has 1 fully saturated rings. The minimum atomic E-state index is -0.159. The zero-order chi connectivity index (χ0) is 14.5. The lowest BCUT2D eigenvalue weighted by atomic mass is 10.1. The fourth-order valence-corrected chi connectivity index (χ4v) is 2.16. The van der Waals surface area contributed by atoms with Crippen molar-refractivity contribution in [3.05, 3.63) is 35.1 Å². The molecule has 0 bridgehead atoms. The normalized spacial score (nSPS) is 16.1. The van der Waals surface area contributed by atoms with E-state index in [0.717, 1.165) is 24.0 Å². The van der Waals surface area contributed by atoms with Gasteiger partial charge >= 0.3 is 0 Å². The number of hydrogen-bond acceptors (Lipinski definition) is 1. The molecule has 1 aliphatic carbocycles. The highest BCUT2D eigenvalue weighted by molar-refractivity contribution is 14.0. The molecule has 1 aliphatic rings. The SMILES string of the molecule is CN=C(NCCC1CC1)NC(C)c1ccc(C)c(F)c1.I. The van der Waals surface area contributed by atoms with Crippen LogP contribution in [0.2, 0.25) is 0 Å². The van der Waals surface area contributed by atoms with Gasteiger partial charge in [-0.3, -0.25) is 4.99 Å². The van der Waals surface area contributed by atoms with Gasteiger partial charge in [0.15, 0.2) is 5.96 Å². The molecule has 1 unspecified atom stereocenters. The van der Waals surface area contributed by atoms with E-state index < -0.39 is 0 Å². The van der Waals surface area contributed by atoms with Gasteiger partial charge in [0.05, 0.1) is 6.04 Å². The minimum absolute atomic E-state index is 0. The van der Waals surface area contributed by atoms with Crippen molar-refractivity contribution in [2.24, 2.45) is 10.9 Å². The first-order valence-electron chi connectivity index (χ1n) is 7.33. The summed E-state index contributed by atoms with van der Waals surface area (Å²) in [5.41, 5.74) is 1.60. The molecule has 1 saturated carbocycles. The van der Waals surface area contributed by atoms with E-state index in [0.29, 0.717) is 5.56 Å². The van der Waals surface area contributed by atoms with Crippen LogP contribution in [0.15, 0.2) is 23.2 Å². The summed E-state index contributed by atoms with van der Waals surface area (Å²) in [5, 5.41) is 6.61. The topological polar surface area (TPSA) is 36.4 Å². The van der Waals surface area contributed by atoms with Gasteiger partial charge in [0.2, 0.25) is 0 Å². The van der Waals surface area contributed by atoms with Crippen LogP contribution in [0, 0.1) is 18.7 Å². The van der Waals surface area contributed by atoms with Gasteiger partial charge in [-0.1, -0.05) is 25.0 Å². The van der Waals surface area contributed by atoms with Gasteiger partial charge in [0.1, 0.15) is 5.82 Å². The molecule has 0 heterocycles. The van der Waals surface area contributed by atoms with Crippen molar-refractivity contribution in [2.75, 3.05) is 13.6 Å². The summed E-state index contributed by atoms with van der Waals surface area (Å²) in [6.07, 6.45) is 3.94. The summed E-state index contributed by atoms with van der Waals surface area (Å²) in [6, 6.07) is 5.38. The number of hydrogen-bond donors (Lipinski definition) is 2. The van der Waals surface area contributed by atoms with E-state index >= 15 is 0 Å². The molecule has 2 rings (SSSR count). The first-order chi connectivity index (χ1) is 9.60. The summed E-state index contributed by atoms with van der Waals surface area (Å²) in [4.78, 5) is 4.21. The molecule has 0 saturated heterocycles. The highest BCUT2D eigenvalue weighted by Gasteiger charge is 2.20. The number of benzene rings is 1. The van der Waals surface area contributed by atoms with Crippen LogP contribution in [0.25, 0.3) is 0 Å². The highest BCUT2D eigenvalue weighted by Crippen LogP contribution is 2.31. The lowest BCUT2D eigenvalue weighted by Gasteiger charge is -2.18. The maximum Gasteiger partial charge on any atom is 0.191 e. The molecule has 0 aromatic heterocycles. The molecule has 0 radical (unpaired) electrons. The van der Waals surface area contributed by atoms with Crippen LogP contribution in [0.4, 0.5) is 4.39 Å². The second kappa shape index (κ2) is 8.56. The Kier molecular flexibility index (Phi) is 7.42. The standard InChI is InChI=1S/C16H24FN3.HI/c1-11-4-7-14(10-15(11)17)12(2)20-16(18-3)19-9-8-13-5-6-13;/h4,7,10,12-13H,5-6,8-9H2,1-3H3,(H2,18,19,20);1H. The summed E-state index contributed by atoms with van der Waals surface area (Å²) in [7, 11) is 1.76. The Morgan fingerprint density at radius 1 is 1.43 bits per heavy atom. The number of aliphatic imine (C=N–C) groups is 1. The van der Waals surface area contributed by atoms with Crippen molar-refractivity contribution in [3.8, 4) is 0 Å². The number of aryl methyl sites for hydroxylation is 1. The first kappa shape index (κ1) is 18.2. The van der Waals surface area contributed by atoms with Gasteiger partial charge in [-0.2, -0.15) is 0 Å². The van der Waals surface area contributed by atoms with Crippen molar-refractivity contribution in [3.63, 3.8) is 0 Å². The van der Waals surface area contributed by atoms with Crippen LogP contribution in [0.5, 0.6) is 0 Å². The minimum Gasteiger partial charge on any atom is -0.356 e. The Hall–Kier alpha value is -0.850. The monoisotopic (exact) mass is 405 g/mol. The molecular formula is C16H25FIN3. The predicted octanol–water partition coefficient (Wildman–Crippen LogP) is 3.78. The average Bonchev–Trinajstić information content (AvgIpc) is 3.24. The van der Waals surface area contributed by atoms with Crippen LogP contribution < -0.4 is 10.6 Å². The van der Waals surface area contributed by atoms with Gasteiger partial charge in [-0.05, 0) is 43.4 Å². The summed E-state index contributed by atoms with van der Waals surface area (Å²) in [6.45, 7) is 4.73. The summed E-state index contributed by atoms with van der Waals surface area (Å²) < 4.78 is 13.6.